The lowest BCUT2D eigenvalue weighted by atomic mass is 10.3. The second-order valence-corrected chi connectivity index (χ2v) is 9.34. The lowest BCUT2D eigenvalue weighted by Crippen LogP contribution is -2.42. The quantitative estimate of drug-likeness (QED) is 0.379. The van der Waals surface area contributed by atoms with Gasteiger partial charge in [-0.05, 0) is 49.5 Å². The van der Waals surface area contributed by atoms with Crippen LogP contribution in [0.15, 0.2) is 46.7 Å². The van der Waals surface area contributed by atoms with Gasteiger partial charge < -0.3 is 9.80 Å². The smallest absolute Gasteiger partial charge is 0.293 e. The van der Waals surface area contributed by atoms with Gasteiger partial charge in [-0.15, -0.1) is 11.8 Å². The number of rotatable bonds is 7. The van der Waals surface area contributed by atoms with E-state index in [9.17, 15) is 9.59 Å². The molecule has 2 aromatic heterocycles. The van der Waals surface area contributed by atoms with E-state index >= 15 is 0 Å². The van der Waals surface area contributed by atoms with Gasteiger partial charge in [0.25, 0.3) is 11.1 Å². The zero-order valence-corrected chi connectivity index (χ0v) is 18.1. The second-order valence-electron chi connectivity index (χ2n) is 7.23. The Kier molecular flexibility index (Phi) is 6.46. The fraction of sp³-hybridized carbons (Fsp3) is 0.450. The van der Waals surface area contributed by atoms with E-state index in [1.807, 2.05) is 24.5 Å². The molecular weight excluding hydrogens is 406 g/mol. The standard InChI is InChI=1S/C20H25N5O2S2/c1-22-10-12-23(13-11-22)15-16-19(26)25(20(27)29-16)8-2-3-14-28-18-6-4-5-17-21-7-9-24(17)18/h4-7,9,15H,2-3,8,10-14H2,1H3/b16-15-. The average molecular weight is 432 g/mol. The van der Waals surface area contributed by atoms with E-state index in [2.05, 4.69) is 32.3 Å². The summed E-state index contributed by atoms with van der Waals surface area (Å²) in [6, 6.07) is 6.08. The maximum absolute atomic E-state index is 12.6. The van der Waals surface area contributed by atoms with Crippen molar-refractivity contribution < 1.29 is 9.59 Å². The van der Waals surface area contributed by atoms with Crippen molar-refractivity contribution in [1.29, 1.82) is 0 Å². The fourth-order valence-corrected chi connectivity index (χ4v) is 5.29. The van der Waals surface area contributed by atoms with Crippen LogP contribution in [0, 0.1) is 0 Å². The van der Waals surface area contributed by atoms with E-state index in [1.165, 1.54) is 4.90 Å². The highest BCUT2D eigenvalue weighted by Gasteiger charge is 2.35. The Hall–Kier alpha value is -1.97. The summed E-state index contributed by atoms with van der Waals surface area (Å²) >= 11 is 2.84. The Morgan fingerprint density at radius 2 is 2.00 bits per heavy atom. The van der Waals surface area contributed by atoms with E-state index in [0.717, 1.165) is 67.2 Å². The van der Waals surface area contributed by atoms with E-state index < -0.39 is 0 Å². The number of carbonyl (C=O) groups excluding carboxylic acids is 2. The normalized spacial score (nSPS) is 19.8. The summed E-state index contributed by atoms with van der Waals surface area (Å²) in [5.74, 6) is 0.791. The Bertz CT molecular complexity index is 920. The molecule has 0 aromatic carbocycles. The molecule has 2 saturated heterocycles. The number of amides is 2. The van der Waals surface area contributed by atoms with Gasteiger partial charge in [0.05, 0.1) is 9.93 Å². The van der Waals surface area contributed by atoms with Crippen molar-refractivity contribution in [3.63, 3.8) is 0 Å². The van der Waals surface area contributed by atoms with Crippen LogP contribution in [0.5, 0.6) is 0 Å². The van der Waals surface area contributed by atoms with Crippen LogP contribution in [0.25, 0.3) is 5.65 Å². The first-order chi connectivity index (χ1) is 14.1. The minimum atomic E-state index is -0.147. The zero-order chi connectivity index (χ0) is 20.2. The van der Waals surface area contributed by atoms with Gasteiger partial charge in [-0.3, -0.25) is 18.9 Å². The number of pyridine rings is 1. The van der Waals surface area contributed by atoms with Crippen LogP contribution < -0.4 is 0 Å². The third kappa shape index (κ3) is 4.79. The number of aromatic nitrogens is 2. The number of thioether (sulfide) groups is 2. The van der Waals surface area contributed by atoms with Gasteiger partial charge in [-0.25, -0.2) is 4.98 Å². The third-order valence-electron chi connectivity index (χ3n) is 5.13. The molecule has 0 atom stereocenters. The predicted octanol–water partition coefficient (Wildman–Crippen LogP) is 2.99. The summed E-state index contributed by atoms with van der Waals surface area (Å²) in [6.07, 6.45) is 7.39. The van der Waals surface area contributed by atoms with Crippen LogP contribution in [0.2, 0.25) is 0 Å². The molecule has 0 aliphatic carbocycles. The van der Waals surface area contributed by atoms with E-state index in [1.54, 1.807) is 18.0 Å². The molecule has 7 nitrogen and oxygen atoms in total. The molecule has 0 N–H and O–H groups in total. The second kappa shape index (κ2) is 9.23. The lowest BCUT2D eigenvalue weighted by molar-refractivity contribution is -0.122. The molecule has 0 radical (unpaired) electrons. The Balaban J connectivity index is 1.24. The molecule has 2 aliphatic rings. The fourth-order valence-electron chi connectivity index (χ4n) is 3.39. The molecule has 0 spiro atoms. The predicted molar refractivity (Wildman–Crippen MR) is 117 cm³/mol. The minimum absolute atomic E-state index is 0.144. The average Bonchev–Trinajstić information content (AvgIpc) is 3.30. The van der Waals surface area contributed by atoms with Crippen LogP contribution in [0.4, 0.5) is 4.79 Å². The molecule has 2 aliphatic heterocycles. The molecule has 2 amide bonds. The van der Waals surface area contributed by atoms with Crippen LogP contribution in [0.1, 0.15) is 12.8 Å². The Morgan fingerprint density at radius 1 is 1.17 bits per heavy atom. The number of nitrogens with zero attached hydrogens (tertiary/aromatic N) is 5. The van der Waals surface area contributed by atoms with Gasteiger partial charge in [-0.2, -0.15) is 0 Å². The Labute approximate surface area is 179 Å². The number of fused-ring (bicyclic) bond motifs is 1. The molecule has 2 fully saturated rings. The maximum Gasteiger partial charge on any atom is 0.293 e. The number of imidazole rings is 1. The van der Waals surface area contributed by atoms with E-state index in [-0.39, 0.29) is 11.1 Å². The highest BCUT2D eigenvalue weighted by atomic mass is 32.2. The molecule has 29 heavy (non-hydrogen) atoms. The molecule has 9 heteroatoms. The summed E-state index contributed by atoms with van der Waals surface area (Å²) < 4.78 is 2.07. The number of unbranched alkanes of at least 4 members (excludes halogenated alkanes) is 1. The van der Waals surface area contributed by atoms with Gasteiger partial charge in [0.1, 0.15) is 5.65 Å². The first kappa shape index (κ1) is 20.3. The topological polar surface area (TPSA) is 61.2 Å². The summed E-state index contributed by atoms with van der Waals surface area (Å²) in [6.45, 7) is 4.22. The zero-order valence-electron chi connectivity index (χ0n) is 16.5. The number of carbonyl (C=O) groups is 2. The lowest BCUT2D eigenvalue weighted by Gasteiger charge is -2.31. The molecule has 2 aromatic rings. The summed E-state index contributed by atoms with van der Waals surface area (Å²) in [5.41, 5.74) is 0.944. The largest absolute Gasteiger partial charge is 0.374 e. The SMILES string of the molecule is CN1CCN(/C=C2\SC(=O)N(CCCCSc3cccc4nccn34)C2=O)CC1. The molecule has 4 heterocycles. The number of likely N-dealkylation sites (N-methyl/N-ethyl adjacent to an activating group) is 1. The number of imide groups is 1. The molecule has 0 unspecified atom stereocenters. The van der Waals surface area contributed by atoms with Gasteiger partial charge in [0.15, 0.2) is 0 Å². The molecule has 0 saturated carbocycles. The van der Waals surface area contributed by atoms with Crippen molar-refractivity contribution in [2.45, 2.75) is 17.9 Å². The minimum Gasteiger partial charge on any atom is -0.374 e. The van der Waals surface area contributed by atoms with Crippen molar-refractivity contribution >= 4 is 40.3 Å². The Morgan fingerprint density at radius 3 is 2.83 bits per heavy atom. The van der Waals surface area contributed by atoms with Crippen molar-refractivity contribution in [3.8, 4) is 0 Å². The first-order valence-electron chi connectivity index (χ1n) is 9.85. The molecule has 154 valence electrons. The third-order valence-corrected chi connectivity index (χ3v) is 7.14. The summed E-state index contributed by atoms with van der Waals surface area (Å²) in [7, 11) is 2.10. The van der Waals surface area contributed by atoms with Crippen molar-refractivity contribution in [3.05, 3.63) is 41.7 Å². The van der Waals surface area contributed by atoms with Crippen LogP contribution in [-0.2, 0) is 4.79 Å². The highest BCUT2D eigenvalue weighted by molar-refractivity contribution is 8.18. The van der Waals surface area contributed by atoms with Gasteiger partial charge >= 0.3 is 0 Å². The van der Waals surface area contributed by atoms with Crippen molar-refractivity contribution in [2.75, 3.05) is 45.5 Å². The summed E-state index contributed by atoms with van der Waals surface area (Å²) in [5, 5.41) is 1.01. The number of hydrogen-bond acceptors (Lipinski definition) is 7. The molecule has 0 bridgehead atoms. The molecule has 4 rings (SSSR count). The van der Waals surface area contributed by atoms with E-state index in [0.29, 0.717) is 11.4 Å². The highest BCUT2D eigenvalue weighted by Crippen LogP contribution is 2.31. The van der Waals surface area contributed by atoms with Crippen molar-refractivity contribution in [1.82, 2.24) is 24.1 Å². The van der Waals surface area contributed by atoms with E-state index in [4.69, 9.17) is 0 Å². The first-order valence-corrected chi connectivity index (χ1v) is 11.6. The monoisotopic (exact) mass is 431 g/mol. The van der Waals surface area contributed by atoms with Gasteiger partial charge in [-0.1, -0.05) is 6.07 Å². The van der Waals surface area contributed by atoms with Gasteiger partial charge in [0, 0.05) is 51.3 Å². The van der Waals surface area contributed by atoms with Crippen LogP contribution >= 0.6 is 23.5 Å². The number of hydrogen-bond donors (Lipinski definition) is 0. The van der Waals surface area contributed by atoms with Crippen molar-refractivity contribution in [2.24, 2.45) is 0 Å². The summed E-state index contributed by atoms with van der Waals surface area (Å²) in [4.78, 5) is 35.6. The maximum atomic E-state index is 12.6. The van der Waals surface area contributed by atoms with Crippen LogP contribution in [-0.4, -0.2) is 80.8 Å². The van der Waals surface area contributed by atoms with Gasteiger partial charge in [0.2, 0.25) is 0 Å². The number of piperazine rings is 1. The van der Waals surface area contributed by atoms with Crippen LogP contribution in [0.3, 0.4) is 0 Å². The molecular formula is C20H25N5O2S2.